The number of aromatic nitrogens is 2. The summed E-state index contributed by atoms with van der Waals surface area (Å²) >= 11 is 0. The van der Waals surface area contributed by atoms with Crippen LogP contribution in [-0.2, 0) is 4.74 Å². The molecule has 0 aliphatic rings. The quantitative estimate of drug-likeness (QED) is 0.769. The highest BCUT2D eigenvalue weighted by molar-refractivity contribution is 5.98. The van der Waals surface area contributed by atoms with Crippen molar-refractivity contribution in [3.05, 3.63) is 36.0 Å². The van der Waals surface area contributed by atoms with Crippen LogP contribution in [0.4, 0.5) is 5.82 Å². The van der Waals surface area contributed by atoms with Gasteiger partial charge in [-0.3, -0.25) is 4.79 Å². The fourth-order valence-corrected chi connectivity index (χ4v) is 1.82. The molecule has 1 heterocycles. The molecule has 7 nitrogen and oxygen atoms in total. The lowest BCUT2D eigenvalue weighted by Gasteiger charge is -2.07. The van der Waals surface area contributed by atoms with Crippen molar-refractivity contribution in [2.75, 3.05) is 33.1 Å². The van der Waals surface area contributed by atoms with Crippen LogP contribution in [0.5, 0.6) is 5.75 Å². The molecule has 0 saturated heterocycles. The van der Waals surface area contributed by atoms with Crippen LogP contribution in [0.2, 0.25) is 0 Å². The van der Waals surface area contributed by atoms with Gasteiger partial charge in [0.2, 0.25) is 0 Å². The number of hydrogen-bond acceptors (Lipinski definition) is 5. The fraction of sp³-hybridized carbons (Fsp3) is 0.286. The molecule has 0 atom stereocenters. The van der Waals surface area contributed by atoms with Crippen molar-refractivity contribution in [2.24, 2.45) is 0 Å². The van der Waals surface area contributed by atoms with E-state index < -0.39 is 0 Å². The highest BCUT2D eigenvalue weighted by Gasteiger charge is 2.15. The summed E-state index contributed by atoms with van der Waals surface area (Å²) in [4.78, 5) is 12.0. The Morgan fingerprint density at radius 1 is 1.33 bits per heavy atom. The number of nitrogen functional groups attached to an aromatic ring is 1. The number of benzene rings is 1. The smallest absolute Gasteiger partial charge is 0.256 e. The molecule has 0 unspecified atom stereocenters. The number of hydrogen-bond donors (Lipinski definition) is 2. The van der Waals surface area contributed by atoms with Gasteiger partial charge in [-0.1, -0.05) is 0 Å². The molecule has 0 spiro atoms. The van der Waals surface area contributed by atoms with E-state index in [0.717, 1.165) is 11.4 Å². The Bertz CT molecular complexity index is 607. The van der Waals surface area contributed by atoms with E-state index in [-0.39, 0.29) is 11.7 Å². The predicted molar refractivity (Wildman–Crippen MR) is 78.7 cm³/mol. The normalized spacial score (nSPS) is 10.4. The van der Waals surface area contributed by atoms with E-state index in [4.69, 9.17) is 15.2 Å². The van der Waals surface area contributed by atoms with E-state index in [1.54, 1.807) is 26.4 Å². The molecular formula is C14H18N4O3. The molecule has 7 heteroatoms. The second-order valence-electron chi connectivity index (χ2n) is 4.30. The Balaban J connectivity index is 2.17. The van der Waals surface area contributed by atoms with E-state index in [9.17, 15) is 4.79 Å². The largest absolute Gasteiger partial charge is 0.497 e. The molecule has 0 bridgehead atoms. The van der Waals surface area contributed by atoms with Gasteiger partial charge >= 0.3 is 0 Å². The zero-order valence-electron chi connectivity index (χ0n) is 12.0. The Labute approximate surface area is 122 Å². The van der Waals surface area contributed by atoms with Gasteiger partial charge in [-0.2, -0.15) is 5.10 Å². The van der Waals surface area contributed by atoms with Crippen molar-refractivity contribution in [1.82, 2.24) is 15.1 Å². The third-order valence-corrected chi connectivity index (χ3v) is 2.96. The molecule has 0 aliphatic heterocycles. The van der Waals surface area contributed by atoms with Gasteiger partial charge in [0.15, 0.2) is 0 Å². The van der Waals surface area contributed by atoms with Crippen molar-refractivity contribution in [3.8, 4) is 11.4 Å². The number of nitrogens with two attached hydrogens (primary N) is 1. The molecule has 21 heavy (non-hydrogen) atoms. The van der Waals surface area contributed by atoms with Gasteiger partial charge in [0.1, 0.15) is 17.1 Å². The number of nitrogens with one attached hydrogen (secondary N) is 1. The van der Waals surface area contributed by atoms with E-state index in [1.807, 2.05) is 12.1 Å². The molecule has 2 rings (SSSR count). The summed E-state index contributed by atoms with van der Waals surface area (Å²) in [5.41, 5.74) is 7.08. The van der Waals surface area contributed by atoms with Crippen LogP contribution in [0.1, 0.15) is 10.4 Å². The summed E-state index contributed by atoms with van der Waals surface area (Å²) in [6.45, 7) is 0.862. The lowest BCUT2D eigenvalue weighted by atomic mass is 10.3. The van der Waals surface area contributed by atoms with E-state index in [2.05, 4.69) is 10.4 Å². The first-order valence-electron chi connectivity index (χ1n) is 6.42. The first-order chi connectivity index (χ1) is 10.2. The number of carbonyl (C=O) groups excluding carboxylic acids is 1. The van der Waals surface area contributed by atoms with Crippen molar-refractivity contribution >= 4 is 11.7 Å². The second kappa shape index (κ2) is 6.76. The number of amides is 1. The Morgan fingerprint density at radius 3 is 2.67 bits per heavy atom. The Hall–Kier alpha value is -2.54. The average Bonchev–Trinajstić information content (AvgIpc) is 2.89. The van der Waals surface area contributed by atoms with Gasteiger partial charge < -0.3 is 20.5 Å². The van der Waals surface area contributed by atoms with Gasteiger partial charge in [0.05, 0.1) is 25.6 Å². The average molecular weight is 290 g/mol. The van der Waals surface area contributed by atoms with Gasteiger partial charge in [0, 0.05) is 13.7 Å². The molecule has 1 amide bonds. The summed E-state index contributed by atoms with van der Waals surface area (Å²) in [6, 6.07) is 7.23. The molecule has 1 aromatic heterocycles. The van der Waals surface area contributed by atoms with Crippen molar-refractivity contribution in [3.63, 3.8) is 0 Å². The lowest BCUT2D eigenvalue weighted by Crippen LogP contribution is -2.27. The molecule has 0 fully saturated rings. The van der Waals surface area contributed by atoms with Crippen molar-refractivity contribution in [2.45, 2.75) is 0 Å². The number of nitrogens with zero attached hydrogens (tertiary/aromatic N) is 2. The summed E-state index contributed by atoms with van der Waals surface area (Å²) in [7, 11) is 3.17. The van der Waals surface area contributed by atoms with Crippen LogP contribution >= 0.6 is 0 Å². The van der Waals surface area contributed by atoms with Crippen LogP contribution < -0.4 is 15.8 Å². The predicted octanol–water partition coefficient (Wildman–Crippen LogP) is 0.839. The van der Waals surface area contributed by atoms with Gasteiger partial charge in [-0.05, 0) is 24.3 Å². The second-order valence-corrected chi connectivity index (χ2v) is 4.30. The standard InChI is InChI=1S/C14H18N4O3/c1-20-8-7-16-14(19)12-9-17-18(13(12)15)10-3-5-11(21-2)6-4-10/h3-6,9H,7-8,15H2,1-2H3,(H,16,19). The van der Waals surface area contributed by atoms with Gasteiger partial charge in [-0.15, -0.1) is 0 Å². The SMILES string of the molecule is COCCNC(=O)c1cnn(-c2ccc(OC)cc2)c1N. The van der Waals surface area contributed by atoms with E-state index >= 15 is 0 Å². The van der Waals surface area contributed by atoms with Crippen molar-refractivity contribution in [1.29, 1.82) is 0 Å². The van der Waals surface area contributed by atoms with Crippen LogP contribution in [0.15, 0.2) is 30.5 Å². The first kappa shape index (κ1) is 14.9. The highest BCUT2D eigenvalue weighted by atomic mass is 16.5. The maximum Gasteiger partial charge on any atom is 0.256 e. The minimum atomic E-state index is -0.274. The van der Waals surface area contributed by atoms with Crippen molar-refractivity contribution < 1.29 is 14.3 Å². The maximum absolute atomic E-state index is 12.0. The zero-order chi connectivity index (χ0) is 15.2. The Kier molecular flexibility index (Phi) is 4.78. The molecule has 0 aliphatic carbocycles. The molecule has 0 radical (unpaired) electrons. The molecule has 1 aromatic carbocycles. The summed E-state index contributed by atoms with van der Waals surface area (Å²) in [5, 5.41) is 6.86. The number of rotatable bonds is 6. The Morgan fingerprint density at radius 2 is 2.05 bits per heavy atom. The number of carbonyl (C=O) groups is 1. The van der Waals surface area contributed by atoms with Crippen LogP contribution in [0.3, 0.4) is 0 Å². The first-order valence-corrected chi connectivity index (χ1v) is 6.42. The van der Waals surface area contributed by atoms with Gasteiger partial charge in [-0.25, -0.2) is 4.68 Å². The van der Waals surface area contributed by atoms with Crippen LogP contribution in [-0.4, -0.2) is 43.1 Å². The number of methoxy groups -OCH3 is 2. The minimum absolute atomic E-state index is 0.274. The molecular weight excluding hydrogens is 272 g/mol. The minimum Gasteiger partial charge on any atom is -0.497 e. The lowest BCUT2D eigenvalue weighted by molar-refractivity contribution is 0.0938. The van der Waals surface area contributed by atoms with Crippen LogP contribution in [0, 0.1) is 0 Å². The zero-order valence-corrected chi connectivity index (χ0v) is 12.0. The fourth-order valence-electron chi connectivity index (χ4n) is 1.82. The number of anilines is 1. The van der Waals surface area contributed by atoms with E-state index in [0.29, 0.717) is 18.7 Å². The number of ether oxygens (including phenoxy) is 2. The van der Waals surface area contributed by atoms with Gasteiger partial charge in [0.25, 0.3) is 5.91 Å². The third kappa shape index (κ3) is 3.32. The maximum atomic E-state index is 12.0. The molecule has 2 aromatic rings. The third-order valence-electron chi connectivity index (χ3n) is 2.96. The molecule has 3 N–H and O–H groups in total. The van der Waals surface area contributed by atoms with E-state index in [1.165, 1.54) is 10.9 Å². The summed E-state index contributed by atoms with van der Waals surface area (Å²) < 4.78 is 11.5. The van der Waals surface area contributed by atoms with Crippen LogP contribution in [0.25, 0.3) is 5.69 Å². The molecule has 0 saturated carbocycles. The topological polar surface area (TPSA) is 91.4 Å². The summed E-state index contributed by atoms with van der Waals surface area (Å²) in [6.07, 6.45) is 1.45. The summed E-state index contributed by atoms with van der Waals surface area (Å²) in [5.74, 6) is 0.751. The monoisotopic (exact) mass is 290 g/mol. The molecule has 112 valence electrons. The highest BCUT2D eigenvalue weighted by Crippen LogP contribution is 2.19.